The summed E-state index contributed by atoms with van der Waals surface area (Å²) in [4.78, 5) is 34.6. The summed E-state index contributed by atoms with van der Waals surface area (Å²) in [6, 6.07) is 35.1. The number of fused-ring (bicyclic) bond motifs is 3. The number of nitrogens with one attached hydrogen (secondary N) is 2. The number of carbonyl (C=O) groups excluding carboxylic acids is 2. The standard InChI is InChI=1S/C32H20N2O2/c35-31-21-15-7-8-16-22(21)32(36)30-27(31)26(29(34-30)20-13-5-2-6-14-20)25-23-17-9-10-18-24(23)33-28(25)19-11-3-1-4-12-19/h1-18,33-34H. The number of para-hydroxylation sites is 1. The van der Waals surface area contributed by atoms with E-state index in [-0.39, 0.29) is 11.6 Å². The van der Waals surface area contributed by atoms with Crippen LogP contribution in [-0.4, -0.2) is 21.5 Å². The summed E-state index contributed by atoms with van der Waals surface area (Å²) in [5, 5.41) is 0.995. The molecule has 4 aromatic carbocycles. The minimum atomic E-state index is -0.162. The Hall–Kier alpha value is -4.96. The zero-order valence-corrected chi connectivity index (χ0v) is 19.2. The second kappa shape index (κ2) is 7.79. The van der Waals surface area contributed by atoms with Crippen molar-refractivity contribution in [2.24, 2.45) is 0 Å². The van der Waals surface area contributed by atoms with Crippen molar-refractivity contribution >= 4 is 22.5 Å². The quantitative estimate of drug-likeness (QED) is 0.289. The molecule has 0 bridgehead atoms. The summed E-state index contributed by atoms with van der Waals surface area (Å²) < 4.78 is 0. The van der Waals surface area contributed by atoms with E-state index in [0.29, 0.717) is 22.4 Å². The molecule has 4 nitrogen and oxygen atoms in total. The first-order valence-electron chi connectivity index (χ1n) is 11.9. The van der Waals surface area contributed by atoms with Crippen LogP contribution in [0.15, 0.2) is 109 Å². The topological polar surface area (TPSA) is 65.7 Å². The first-order valence-corrected chi connectivity index (χ1v) is 11.9. The van der Waals surface area contributed by atoms with Gasteiger partial charge in [0.1, 0.15) is 0 Å². The SMILES string of the molecule is O=C1c2ccccc2C(=O)c2c1[nH]c(-c1ccccc1)c2-c1c(-c2ccccc2)[nH]c2ccccc12. The Morgan fingerprint density at radius 3 is 1.61 bits per heavy atom. The summed E-state index contributed by atoms with van der Waals surface area (Å²) in [5.41, 5.74) is 7.87. The Bertz CT molecular complexity index is 1810. The lowest BCUT2D eigenvalue weighted by molar-refractivity contribution is 0.0977. The fourth-order valence-electron chi connectivity index (χ4n) is 5.34. The van der Waals surface area contributed by atoms with Crippen molar-refractivity contribution in [2.45, 2.75) is 0 Å². The smallest absolute Gasteiger partial charge is 0.210 e. The van der Waals surface area contributed by atoms with E-state index in [9.17, 15) is 9.59 Å². The van der Waals surface area contributed by atoms with Crippen LogP contribution in [0.2, 0.25) is 0 Å². The molecule has 0 fully saturated rings. The maximum Gasteiger partial charge on any atom is 0.210 e. The van der Waals surface area contributed by atoms with Gasteiger partial charge in [0, 0.05) is 33.2 Å². The van der Waals surface area contributed by atoms with Crippen LogP contribution in [-0.2, 0) is 0 Å². The number of aromatic amines is 2. The van der Waals surface area contributed by atoms with Gasteiger partial charge in [-0.1, -0.05) is 103 Å². The van der Waals surface area contributed by atoms with E-state index in [4.69, 9.17) is 0 Å². The molecular weight excluding hydrogens is 444 g/mol. The lowest BCUT2D eigenvalue weighted by Gasteiger charge is -2.16. The molecule has 2 aromatic heterocycles. The van der Waals surface area contributed by atoms with Crippen molar-refractivity contribution in [3.05, 3.63) is 132 Å². The number of hydrogen-bond donors (Lipinski definition) is 2. The Kier molecular flexibility index (Phi) is 4.42. The molecule has 0 spiro atoms. The highest BCUT2D eigenvalue weighted by Gasteiger charge is 2.37. The highest BCUT2D eigenvalue weighted by molar-refractivity contribution is 6.32. The van der Waals surface area contributed by atoms with Crippen molar-refractivity contribution in [2.75, 3.05) is 0 Å². The highest BCUT2D eigenvalue weighted by atomic mass is 16.1. The predicted octanol–water partition coefficient (Wildman–Crippen LogP) is 7.27. The Morgan fingerprint density at radius 1 is 0.417 bits per heavy atom. The number of rotatable bonds is 3. The third-order valence-electron chi connectivity index (χ3n) is 6.95. The van der Waals surface area contributed by atoms with Gasteiger partial charge in [0.2, 0.25) is 5.78 Å². The van der Waals surface area contributed by atoms with Crippen molar-refractivity contribution < 1.29 is 9.59 Å². The van der Waals surface area contributed by atoms with Crippen molar-refractivity contribution in [3.8, 4) is 33.6 Å². The molecule has 2 N–H and O–H groups in total. The van der Waals surface area contributed by atoms with Gasteiger partial charge in [-0.2, -0.15) is 0 Å². The van der Waals surface area contributed by atoms with Crippen LogP contribution >= 0.6 is 0 Å². The van der Waals surface area contributed by atoms with Crippen LogP contribution < -0.4 is 0 Å². The number of carbonyl (C=O) groups is 2. The van der Waals surface area contributed by atoms with Crippen molar-refractivity contribution in [3.63, 3.8) is 0 Å². The maximum absolute atomic E-state index is 14.0. The second-order valence-electron chi connectivity index (χ2n) is 8.98. The van der Waals surface area contributed by atoms with Gasteiger partial charge in [-0.05, 0) is 17.2 Å². The van der Waals surface area contributed by atoms with Crippen LogP contribution in [0.25, 0.3) is 44.5 Å². The number of H-pyrrole nitrogens is 2. The van der Waals surface area contributed by atoms with E-state index in [1.54, 1.807) is 24.3 Å². The number of ketones is 2. The molecule has 0 saturated carbocycles. The van der Waals surface area contributed by atoms with E-state index in [1.165, 1.54) is 0 Å². The van der Waals surface area contributed by atoms with E-state index in [1.807, 2.05) is 66.7 Å². The van der Waals surface area contributed by atoms with Crippen LogP contribution in [0.3, 0.4) is 0 Å². The molecule has 2 heterocycles. The average Bonchev–Trinajstić information content (AvgIpc) is 3.52. The molecule has 7 rings (SSSR count). The molecule has 1 aliphatic rings. The third kappa shape index (κ3) is 2.88. The fraction of sp³-hybridized carbons (Fsp3) is 0. The maximum atomic E-state index is 14.0. The van der Waals surface area contributed by atoms with Crippen LogP contribution in [0.4, 0.5) is 0 Å². The Balaban J connectivity index is 1.63. The lowest BCUT2D eigenvalue weighted by atomic mass is 9.83. The van der Waals surface area contributed by atoms with Gasteiger partial charge in [0.25, 0.3) is 0 Å². The number of hydrogen-bond acceptors (Lipinski definition) is 2. The van der Waals surface area contributed by atoms with Gasteiger partial charge in [-0.3, -0.25) is 9.59 Å². The number of aromatic nitrogens is 2. The molecule has 0 saturated heterocycles. The highest BCUT2D eigenvalue weighted by Crippen LogP contribution is 2.47. The minimum absolute atomic E-state index is 0.141. The molecular formula is C32H20N2O2. The first-order chi connectivity index (χ1) is 17.7. The molecule has 0 radical (unpaired) electrons. The molecule has 0 aliphatic heterocycles. The minimum Gasteiger partial charge on any atom is -0.354 e. The van der Waals surface area contributed by atoms with Crippen molar-refractivity contribution in [1.82, 2.24) is 9.97 Å². The van der Waals surface area contributed by atoms with Gasteiger partial charge >= 0.3 is 0 Å². The second-order valence-corrected chi connectivity index (χ2v) is 8.98. The third-order valence-corrected chi connectivity index (χ3v) is 6.95. The average molecular weight is 465 g/mol. The van der Waals surface area contributed by atoms with Crippen molar-refractivity contribution in [1.29, 1.82) is 0 Å². The largest absolute Gasteiger partial charge is 0.354 e. The molecule has 4 heteroatoms. The first kappa shape index (κ1) is 20.4. The van der Waals surface area contributed by atoms with E-state index < -0.39 is 0 Å². The molecule has 6 aromatic rings. The normalized spacial score (nSPS) is 12.6. The van der Waals surface area contributed by atoms with Gasteiger partial charge in [-0.15, -0.1) is 0 Å². The molecule has 170 valence electrons. The Labute approximate surface area is 207 Å². The van der Waals surface area contributed by atoms with Gasteiger partial charge < -0.3 is 9.97 Å². The predicted molar refractivity (Wildman–Crippen MR) is 142 cm³/mol. The van der Waals surface area contributed by atoms with Crippen LogP contribution in [0.1, 0.15) is 32.0 Å². The van der Waals surface area contributed by atoms with E-state index >= 15 is 0 Å². The lowest BCUT2D eigenvalue weighted by Crippen LogP contribution is -2.20. The summed E-state index contributed by atoms with van der Waals surface area (Å²) in [6.07, 6.45) is 0. The van der Waals surface area contributed by atoms with Crippen LogP contribution in [0, 0.1) is 0 Å². The van der Waals surface area contributed by atoms with Gasteiger partial charge in [0.05, 0.1) is 22.6 Å². The molecule has 0 amide bonds. The van der Waals surface area contributed by atoms with Gasteiger partial charge in [0.15, 0.2) is 5.78 Å². The summed E-state index contributed by atoms with van der Waals surface area (Å²) in [5.74, 6) is -0.303. The molecule has 1 aliphatic carbocycles. The molecule has 36 heavy (non-hydrogen) atoms. The van der Waals surface area contributed by atoms with Crippen LogP contribution in [0.5, 0.6) is 0 Å². The van der Waals surface area contributed by atoms with E-state index in [0.717, 1.165) is 44.5 Å². The van der Waals surface area contributed by atoms with Gasteiger partial charge in [-0.25, -0.2) is 0 Å². The molecule has 0 atom stereocenters. The monoisotopic (exact) mass is 464 g/mol. The van der Waals surface area contributed by atoms with E-state index in [2.05, 4.69) is 28.2 Å². The molecule has 0 unspecified atom stereocenters. The number of benzene rings is 4. The Morgan fingerprint density at radius 2 is 0.944 bits per heavy atom. The summed E-state index contributed by atoms with van der Waals surface area (Å²) in [6.45, 7) is 0. The summed E-state index contributed by atoms with van der Waals surface area (Å²) >= 11 is 0. The fourth-order valence-corrected chi connectivity index (χ4v) is 5.34. The zero-order chi connectivity index (χ0) is 24.2. The zero-order valence-electron chi connectivity index (χ0n) is 19.2. The summed E-state index contributed by atoms with van der Waals surface area (Å²) in [7, 11) is 0.